The third-order valence-electron chi connectivity index (χ3n) is 2.59. The zero-order chi connectivity index (χ0) is 14.5. The summed E-state index contributed by atoms with van der Waals surface area (Å²) in [5.41, 5.74) is -0.0555. The van der Waals surface area contributed by atoms with E-state index in [0.29, 0.717) is 18.7 Å². The van der Waals surface area contributed by atoms with E-state index in [1.165, 1.54) is 0 Å². The third kappa shape index (κ3) is 6.07. The molecule has 1 aromatic rings. The van der Waals surface area contributed by atoms with E-state index < -0.39 is 17.5 Å². The van der Waals surface area contributed by atoms with Crippen molar-refractivity contribution in [1.29, 1.82) is 0 Å². The summed E-state index contributed by atoms with van der Waals surface area (Å²) < 4.78 is 39.3. The van der Waals surface area contributed by atoms with Gasteiger partial charge in [0.05, 0.1) is 0 Å². The van der Waals surface area contributed by atoms with Gasteiger partial charge in [-0.3, -0.25) is 0 Å². The van der Waals surface area contributed by atoms with Gasteiger partial charge >= 0.3 is 0 Å². The lowest BCUT2D eigenvalue weighted by molar-refractivity contribution is 0.417. The Morgan fingerprint density at radius 3 is 2.11 bits per heavy atom. The van der Waals surface area contributed by atoms with Crippen molar-refractivity contribution in [3.63, 3.8) is 0 Å². The fourth-order valence-corrected chi connectivity index (χ4v) is 1.63. The Labute approximate surface area is 112 Å². The first-order chi connectivity index (χ1) is 8.79. The van der Waals surface area contributed by atoms with E-state index in [2.05, 4.69) is 31.4 Å². The molecule has 1 rings (SSSR count). The van der Waals surface area contributed by atoms with E-state index >= 15 is 0 Å². The van der Waals surface area contributed by atoms with Crippen LogP contribution >= 0.6 is 0 Å². The van der Waals surface area contributed by atoms with Crippen molar-refractivity contribution in [2.75, 3.05) is 13.1 Å². The van der Waals surface area contributed by atoms with Crippen LogP contribution in [-0.4, -0.2) is 18.6 Å². The molecule has 0 aliphatic rings. The molecule has 0 spiro atoms. The molecule has 1 aromatic carbocycles. The van der Waals surface area contributed by atoms with Crippen LogP contribution in [0.5, 0.6) is 0 Å². The fraction of sp³-hybridized carbons (Fsp3) is 0.571. The first kappa shape index (κ1) is 16.0. The summed E-state index contributed by atoms with van der Waals surface area (Å²) in [6.07, 6.45) is 0.849. The second-order valence-corrected chi connectivity index (χ2v) is 5.56. The van der Waals surface area contributed by atoms with Crippen molar-refractivity contribution < 1.29 is 13.2 Å². The van der Waals surface area contributed by atoms with Crippen LogP contribution in [0.3, 0.4) is 0 Å². The molecule has 0 radical (unpaired) electrons. The highest BCUT2D eigenvalue weighted by Gasteiger charge is 2.11. The smallest absolute Gasteiger partial charge is 0.133 e. The SMILES string of the molecule is CC(C)(C)NCCCNCc1c(F)cc(F)cc1F. The van der Waals surface area contributed by atoms with E-state index in [-0.39, 0.29) is 17.6 Å². The summed E-state index contributed by atoms with van der Waals surface area (Å²) in [6.45, 7) is 7.74. The van der Waals surface area contributed by atoms with Crippen molar-refractivity contribution in [3.05, 3.63) is 35.1 Å². The average molecular weight is 274 g/mol. The maximum absolute atomic E-state index is 13.3. The molecule has 19 heavy (non-hydrogen) atoms. The Hall–Kier alpha value is -1.07. The van der Waals surface area contributed by atoms with Gasteiger partial charge in [0.1, 0.15) is 17.5 Å². The molecule has 0 heterocycles. The quantitative estimate of drug-likeness (QED) is 0.779. The van der Waals surface area contributed by atoms with Crippen molar-refractivity contribution in [3.8, 4) is 0 Å². The summed E-state index contributed by atoms with van der Waals surface area (Å²) in [5.74, 6) is -2.59. The van der Waals surface area contributed by atoms with Gasteiger partial charge in [0.25, 0.3) is 0 Å². The molecule has 108 valence electrons. The van der Waals surface area contributed by atoms with Crippen LogP contribution in [0.2, 0.25) is 0 Å². The topological polar surface area (TPSA) is 24.1 Å². The first-order valence-corrected chi connectivity index (χ1v) is 6.39. The summed E-state index contributed by atoms with van der Waals surface area (Å²) in [5, 5.41) is 6.26. The standard InChI is InChI=1S/C14H21F3N2/c1-14(2,3)19-6-4-5-18-9-11-12(16)7-10(15)8-13(11)17/h7-8,18-19H,4-6,9H2,1-3H3. The fourth-order valence-electron chi connectivity index (χ4n) is 1.63. The molecule has 0 atom stereocenters. The third-order valence-corrected chi connectivity index (χ3v) is 2.59. The van der Waals surface area contributed by atoms with Gasteiger partial charge in [-0.25, -0.2) is 13.2 Å². The molecule has 0 aromatic heterocycles. The van der Waals surface area contributed by atoms with Crippen LogP contribution in [0.25, 0.3) is 0 Å². The van der Waals surface area contributed by atoms with Crippen molar-refractivity contribution in [2.24, 2.45) is 0 Å². The van der Waals surface area contributed by atoms with Gasteiger partial charge in [0.15, 0.2) is 0 Å². The van der Waals surface area contributed by atoms with E-state index in [1.54, 1.807) is 0 Å². The van der Waals surface area contributed by atoms with Gasteiger partial charge in [-0.05, 0) is 40.3 Å². The molecule has 0 aliphatic carbocycles. The molecule has 0 saturated carbocycles. The number of halogens is 3. The zero-order valence-corrected chi connectivity index (χ0v) is 11.6. The molecule has 0 aliphatic heterocycles. The lowest BCUT2D eigenvalue weighted by Gasteiger charge is -2.20. The van der Waals surface area contributed by atoms with Crippen molar-refractivity contribution >= 4 is 0 Å². The average Bonchev–Trinajstić information content (AvgIpc) is 2.24. The molecule has 5 heteroatoms. The summed E-state index contributed by atoms with van der Waals surface area (Å²) in [7, 11) is 0. The Kier molecular flexibility index (Phi) is 5.82. The predicted octanol–water partition coefficient (Wildman–Crippen LogP) is 2.97. The molecule has 2 N–H and O–H groups in total. The van der Waals surface area contributed by atoms with Gasteiger partial charge in [-0.1, -0.05) is 0 Å². The maximum atomic E-state index is 13.3. The number of rotatable bonds is 6. The Bertz CT molecular complexity index is 391. The summed E-state index contributed by atoms with van der Waals surface area (Å²) in [4.78, 5) is 0. The first-order valence-electron chi connectivity index (χ1n) is 6.39. The number of nitrogens with one attached hydrogen (secondary N) is 2. The number of hydrogen-bond donors (Lipinski definition) is 2. The van der Waals surface area contributed by atoms with Crippen molar-refractivity contribution in [1.82, 2.24) is 10.6 Å². The zero-order valence-electron chi connectivity index (χ0n) is 11.6. The van der Waals surface area contributed by atoms with Crippen LogP contribution in [-0.2, 0) is 6.54 Å². The van der Waals surface area contributed by atoms with Crippen LogP contribution in [0.1, 0.15) is 32.8 Å². The summed E-state index contributed by atoms with van der Waals surface area (Å²) >= 11 is 0. The Balaban J connectivity index is 2.30. The van der Waals surface area contributed by atoms with Gasteiger partial charge < -0.3 is 10.6 Å². The minimum Gasteiger partial charge on any atom is -0.312 e. The van der Waals surface area contributed by atoms with E-state index in [0.717, 1.165) is 13.0 Å². The number of benzene rings is 1. The minimum atomic E-state index is -0.895. The van der Waals surface area contributed by atoms with E-state index in [1.807, 2.05) is 0 Å². The van der Waals surface area contributed by atoms with Gasteiger partial charge in [0.2, 0.25) is 0 Å². The molecule has 0 unspecified atom stereocenters. The monoisotopic (exact) mass is 274 g/mol. The molecule has 0 saturated heterocycles. The largest absolute Gasteiger partial charge is 0.312 e. The highest BCUT2D eigenvalue weighted by atomic mass is 19.1. The Morgan fingerprint density at radius 2 is 1.58 bits per heavy atom. The minimum absolute atomic E-state index is 0.0630. The maximum Gasteiger partial charge on any atom is 0.133 e. The molecule has 0 bridgehead atoms. The van der Waals surface area contributed by atoms with Crippen molar-refractivity contribution in [2.45, 2.75) is 39.3 Å². The van der Waals surface area contributed by atoms with Crippen LogP contribution in [0, 0.1) is 17.5 Å². The van der Waals surface area contributed by atoms with Gasteiger partial charge in [-0.2, -0.15) is 0 Å². The Morgan fingerprint density at radius 1 is 1.00 bits per heavy atom. The molecule has 0 amide bonds. The van der Waals surface area contributed by atoms with Crippen LogP contribution < -0.4 is 10.6 Å². The normalized spacial score (nSPS) is 11.9. The molecular weight excluding hydrogens is 253 g/mol. The summed E-state index contributed by atoms with van der Waals surface area (Å²) in [6, 6.07) is 1.39. The lowest BCUT2D eigenvalue weighted by Crippen LogP contribution is -2.37. The predicted molar refractivity (Wildman–Crippen MR) is 70.4 cm³/mol. The molecule has 0 fully saturated rings. The lowest BCUT2D eigenvalue weighted by atomic mass is 10.1. The highest BCUT2D eigenvalue weighted by molar-refractivity contribution is 5.20. The van der Waals surface area contributed by atoms with Crippen LogP contribution in [0.4, 0.5) is 13.2 Å². The number of hydrogen-bond acceptors (Lipinski definition) is 2. The molecular formula is C14H21F3N2. The van der Waals surface area contributed by atoms with E-state index in [4.69, 9.17) is 0 Å². The van der Waals surface area contributed by atoms with E-state index in [9.17, 15) is 13.2 Å². The van der Waals surface area contributed by atoms with Gasteiger partial charge in [0, 0.05) is 29.8 Å². The molecule has 2 nitrogen and oxygen atoms in total. The van der Waals surface area contributed by atoms with Gasteiger partial charge in [-0.15, -0.1) is 0 Å². The van der Waals surface area contributed by atoms with Crippen LogP contribution in [0.15, 0.2) is 12.1 Å². The second-order valence-electron chi connectivity index (χ2n) is 5.56. The second kappa shape index (κ2) is 6.91. The highest BCUT2D eigenvalue weighted by Crippen LogP contribution is 2.14.